The summed E-state index contributed by atoms with van der Waals surface area (Å²) in [6.45, 7) is 1.98. The topological polar surface area (TPSA) is 24.5 Å². The third-order valence-electron chi connectivity index (χ3n) is 5.82. The zero-order chi connectivity index (χ0) is 20.8. The molecule has 1 heterocycles. The maximum absolute atomic E-state index is 5.75. The van der Waals surface area contributed by atoms with Crippen LogP contribution in [0, 0.1) is 5.92 Å². The van der Waals surface area contributed by atoms with E-state index < -0.39 is 0 Å². The van der Waals surface area contributed by atoms with Crippen LogP contribution in [-0.4, -0.2) is 30.2 Å². The molecule has 4 heteroatoms. The Morgan fingerprint density at radius 3 is 2.27 bits per heavy atom. The van der Waals surface area contributed by atoms with E-state index in [2.05, 4.69) is 76.9 Å². The molecule has 0 amide bonds. The van der Waals surface area contributed by atoms with Crippen LogP contribution in [0.25, 0.3) is 11.1 Å². The van der Waals surface area contributed by atoms with Gasteiger partial charge < -0.3 is 15.0 Å². The predicted molar refractivity (Wildman–Crippen MR) is 129 cm³/mol. The number of hydrogen-bond donors (Lipinski definition) is 1. The van der Waals surface area contributed by atoms with Crippen molar-refractivity contribution in [2.45, 2.75) is 19.3 Å². The fourth-order valence-corrected chi connectivity index (χ4v) is 4.39. The van der Waals surface area contributed by atoms with Gasteiger partial charge in [-0.1, -0.05) is 66.7 Å². The molecule has 3 aromatic carbocycles. The minimum Gasteiger partial charge on any atom is -0.495 e. The first-order valence-electron chi connectivity index (χ1n) is 10.6. The number of hydrogen-bond acceptors (Lipinski definition) is 2. The van der Waals surface area contributed by atoms with Crippen LogP contribution in [0.4, 0.5) is 5.69 Å². The van der Waals surface area contributed by atoms with Gasteiger partial charge in [0.05, 0.1) is 12.8 Å². The van der Waals surface area contributed by atoms with Crippen molar-refractivity contribution >= 4 is 23.0 Å². The fourth-order valence-electron chi connectivity index (χ4n) is 4.10. The second-order valence-electron chi connectivity index (χ2n) is 7.83. The third-order valence-corrected chi connectivity index (χ3v) is 6.18. The maximum atomic E-state index is 5.75. The molecule has 0 aliphatic carbocycles. The van der Waals surface area contributed by atoms with Gasteiger partial charge in [-0.05, 0) is 66.2 Å². The number of nitrogens with zero attached hydrogens (tertiary/aromatic N) is 1. The Hall–Kier alpha value is -2.85. The lowest BCUT2D eigenvalue weighted by molar-refractivity contribution is 0.268. The maximum Gasteiger partial charge on any atom is 0.173 e. The van der Waals surface area contributed by atoms with Gasteiger partial charge in [-0.2, -0.15) is 0 Å². The van der Waals surface area contributed by atoms with Crippen LogP contribution < -0.4 is 10.1 Å². The summed E-state index contributed by atoms with van der Waals surface area (Å²) in [5, 5.41) is 4.21. The molecule has 0 unspecified atom stereocenters. The minimum absolute atomic E-state index is 0.724. The van der Waals surface area contributed by atoms with Gasteiger partial charge in [0.25, 0.3) is 0 Å². The molecular weight excluding hydrogens is 388 g/mol. The van der Waals surface area contributed by atoms with Gasteiger partial charge in [-0.3, -0.25) is 0 Å². The van der Waals surface area contributed by atoms with E-state index in [-0.39, 0.29) is 0 Å². The lowest BCUT2D eigenvalue weighted by Crippen LogP contribution is -2.41. The van der Waals surface area contributed by atoms with Crippen molar-refractivity contribution in [1.29, 1.82) is 0 Å². The second kappa shape index (κ2) is 9.77. The lowest BCUT2D eigenvalue weighted by Gasteiger charge is -2.34. The first-order chi connectivity index (χ1) is 14.7. The first kappa shape index (κ1) is 20.4. The van der Waals surface area contributed by atoms with Gasteiger partial charge in [0, 0.05) is 13.1 Å². The van der Waals surface area contributed by atoms with Crippen molar-refractivity contribution in [3.63, 3.8) is 0 Å². The highest BCUT2D eigenvalue weighted by atomic mass is 32.1. The SMILES string of the molecule is COc1ccc(-c2ccccc2)cc1NC(=S)N1CCC(Cc2ccccc2)CC1. The average molecular weight is 417 g/mol. The predicted octanol–water partition coefficient (Wildman–Crippen LogP) is 6.01. The molecule has 4 rings (SSSR count). The van der Waals surface area contributed by atoms with E-state index in [4.69, 9.17) is 17.0 Å². The van der Waals surface area contributed by atoms with Gasteiger partial charge in [0.15, 0.2) is 5.11 Å². The van der Waals surface area contributed by atoms with Crippen molar-refractivity contribution in [1.82, 2.24) is 4.90 Å². The highest BCUT2D eigenvalue weighted by Gasteiger charge is 2.22. The number of piperidine rings is 1. The van der Waals surface area contributed by atoms with Gasteiger partial charge in [0.2, 0.25) is 0 Å². The molecule has 0 radical (unpaired) electrons. The van der Waals surface area contributed by atoms with Gasteiger partial charge in [-0.25, -0.2) is 0 Å². The van der Waals surface area contributed by atoms with E-state index in [0.717, 1.165) is 60.4 Å². The van der Waals surface area contributed by atoms with Crippen LogP contribution in [0.5, 0.6) is 5.75 Å². The van der Waals surface area contributed by atoms with E-state index in [1.54, 1.807) is 7.11 Å². The van der Waals surface area contributed by atoms with Crippen molar-refractivity contribution in [2.24, 2.45) is 5.92 Å². The summed E-state index contributed by atoms with van der Waals surface area (Å²) in [5.41, 5.74) is 4.66. The highest BCUT2D eigenvalue weighted by Crippen LogP contribution is 2.31. The van der Waals surface area contributed by atoms with Crippen molar-refractivity contribution in [3.05, 3.63) is 84.4 Å². The van der Waals surface area contributed by atoms with Gasteiger partial charge in [-0.15, -0.1) is 0 Å². The zero-order valence-electron chi connectivity index (χ0n) is 17.4. The molecule has 1 aliphatic rings. The summed E-state index contributed by atoms with van der Waals surface area (Å²) in [5.74, 6) is 1.53. The number of anilines is 1. The molecule has 0 bridgehead atoms. The van der Waals surface area contributed by atoms with Gasteiger partial charge in [0.1, 0.15) is 5.75 Å². The zero-order valence-corrected chi connectivity index (χ0v) is 18.2. The molecular formula is C26H28N2OS. The Morgan fingerprint density at radius 2 is 1.60 bits per heavy atom. The van der Waals surface area contributed by atoms with Crippen LogP contribution in [0.1, 0.15) is 18.4 Å². The second-order valence-corrected chi connectivity index (χ2v) is 8.22. The number of thiocarbonyl (C=S) groups is 1. The molecule has 30 heavy (non-hydrogen) atoms. The Morgan fingerprint density at radius 1 is 0.933 bits per heavy atom. The Balaban J connectivity index is 1.39. The molecule has 1 fully saturated rings. The summed E-state index contributed by atoms with van der Waals surface area (Å²) in [4.78, 5) is 2.28. The lowest BCUT2D eigenvalue weighted by atomic mass is 9.90. The fraction of sp³-hybridized carbons (Fsp3) is 0.269. The Bertz CT molecular complexity index is 967. The molecule has 3 nitrogen and oxygen atoms in total. The molecule has 1 N–H and O–H groups in total. The molecule has 0 spiro atoms. The number of methoxy groups -OCH3 is 1. The van der Waals surface area contributed by atoms with Crippen LogP contribution in [0.3, 0.4) is 0 Å². The monoisotopic (exact) mass is 416 g/mol. The Kier molecular flexibility index (Phi) is 6.65. The quantitative estimate of drug-likeness (QED) is 0.515. The van der Waals surface area contributed by atoms with Crippen LogP contribution >= 0.6 is 12.2 Å². The number of nitrogens with one attached hydrogen (secondary N) is 1. The van der Waals surface area contributed by atoms with E-state index in [0.29, 0.717) is 0 Å². The normalized spacial score (nSPS) is 14.4. The molecule has 1 saturated heterocycles. The molecule has 0 atom stereocenters. The smallest absolute Gasteiger partial charge is 0.173 e. The first-order valence-corrected chi connectivity index (χ1v) is 11.0. The largest absolute Gasteiger partial charge is 0.495 e. The van der Waals surface area contributed by atoms with E-state index in [1.165, 1.54) is 11.1 Å². The van der Waals surface area contributed by atoms with Gasteiger partial charge >= 0.3 is 0 Å². The van der Waals surface area contributed by atoms with Crippen LogP contribution in [0.2, 0.25) is 0 Å². The van der Waals surface area contributed by atoms with E-state index in [9.17, 15) is 0 Å². The standard InChI is InChI=1S/C26H28N2OS/c1-29-25-13-12-23(22-10-6-3-7-11-22)19-24(25)27-26(30)28-16-14-21(15-17-28)18-20-8-4-2-5-9-20/h2-13,19,21H,14-18H2,1H3,(H,27,30). The number of benzene rings is 3. The number of likely N-dealkylation sites (tertiary alicyclic amines) is 1. The summed E-state index contributed by atoms with van der Waals surface area (Å²) < 4.78 is 5.57. The molecule has 3 aromatic rings. The third kappa shape index (κ3) is 5.00. The number of ether oxygens (including phenoxy) is 1. The summed E-state index contributed by atoms with van der Waals surface area (Å²) >= 11 is 5.75. The molecule has 0 saturated carbocycles. The summed E-state index contributed by atoms with van der Waals surface area (Å²) in [6.07, 6.45) is 3.48. The molecule has 1 aliphatic heterocycles. The van der Waals surface area contributed by atoms with E-state index >= 15 is 0 Å². The van der Waals surface area contributed by atoms with Crippen molar-refractivity contribution in [2.75, 3.05) is 25.5 Å². The summed E-state index contributed by atoms with van der Waals surface area (Å²) in [7, 11) is 1.70. The average Bonchev–Trinajstić information content (AvgIpc) is 2.81. The Labute approximate surface area is 184 Å². The number of rotatable bonds is 5. The summed E-state index contributed by atoms with van der Waals surface area (Å²) in [6, 6.07) is 27.3. The van der Waals surface area contributed by atoms with Crippen molar-refractivity contribution in [3.8, 4) is 16.9 Å². The molecule has 0 aromatic heterocycles. The van der Waals surface area contributed by atoms with E-state index in [1.807, 2.05) is 12.1 Å². The minimum atomic E-state index is 0.724. The van der Waals surface area contributed by atoms with Crippen LogP contribution in [-0.2, 0) is 6.42 Å². The molecule has 154 valence electrons. The van der Waals surface area contributed by atoms with Crippen molar-refractivity contribution < 1.29 is 4.74 Å². The highest BCUT2D eigenvalue weighted by molar-refractivity contribution is 7.80. The van der Waals surface area contributed by atoms with Crippen LogP contribution in [0.15, 0.2) is 78.9 Å².